The highest BCUT2D eigenvalue weighted by Crippen LogP contribution is 2.33. The van der Waals surface area contributed by atoms with Crippen LogP contribution in [0.5, 0.6) is 0 Å². The number of allylic oxidation sites excluding steroid dienone is 1. The van der Waals surface area contributed by atoms with Crippen molar-refractivity contribution in [2.75, 3.05) is 6.54 Å². The predicted molar refractivity (Wildman–Crippen MR) is 104 cm³/mol. The van der Waals surface area contributed by atoms with Crippen LogP contribution in [0.1, 0.15) is 58.8 Å². The van der Waals surface area contributed by atoms with E-state index in [4.69, 9.17) is 0 Å². The van der Waals surface area contributed by atoms with Crippen LogP contribution in [0.4, 0.5) is 0 Å². The van der Waals surface area contributed by atoms with E-state index in [1.807, 2.05) is 0 Å². The molecule has 1 aliphatic carbocycles. The second kappa shape index (κ2) is 8.89. The fraction of sp³-hybridized carbons (Fsp3) is 0.762. The first-order valence-electron chi connectivity index (χ1n) is 10.5. The van der Waals surface area contributed by atoms with E-state index in [0.717, 1.165) is 38.5 Å². The smallest absolute Gasteiger partial charge is 0.246 e. The van der Waals surface area contributed by atoms with Crippen LogP contribution in [-0.4, -0.2) is 47.8 Å². The standard InChI is InChI=1S/C21H33N3O3/c1-3-15-11-14(2)7-4-5-8-16-12-17(16)23-20(26)18-9-6-10-24(18)21(27)19(15)22-13-25/h5,8,13-19H,3-4,6-7,9-12H2,1-2H3,(H,22,25)(H,23,26)/b8-5-/t14-,15?,16-,17?,18?,19+/m1/s1. The van der Waals surface area contributed by atoms with Crippen molar-refractivity contribution < 1.29 is 14.4 Å². The van der Waals surface area contributed by atoms with Crippen molar-refractivity contribution in [3.63, 3.8) is 0 Å². The van der Waals surface area contributed by atoms with Gasteiger partial charge in [0.1, 0.15) is 12.1 Å². The summed E-state index contributed by atoms with van der Waals surface area (Å²) in [6.45, 7) is 4.88. The van der Waals surface area contributed by atoms with E-state index in [1.54, 1.807) is 4.90 Å². The lowest BCUT2D eigenvalue weighted by Gasteiger charge is -2.33. The molecule has 3 rings (SSSR count). The number of carbonyl (C=O) groups excluding carboxylic acids is 3. The highest BCUT2D eigenvalue weighted by molar-refractivity contribution is 5.91. The zero-order chi connectivity index (χ0) is 19.4. The van der Waals surface area contributed by atoms with Crippen molar-refractivity contribution in [1.82, 2.24) is 15.5 Å². The summed E-state index contributed by atoms with van der Waals surface area (Å²) in [4.78, 5) is 39.0. The van der Waals surface area contributed by atoms with Gasteiger partial charge in [-0.15, -0.1) is 0 Å². The van der Waals surface area contributed by atoms with Gasteiger partial charge in [0.25, 0.3) is 0 Å². The summed E-state index contributed by atoms with van der Waals surface area (Å²) in [5.74, 6) is 0.872. The van der Waals surface area contributed by atoms with E-state index in [1.165, 1.54) is 0 Å². The quantitative estimate of drug-likeness (QED) is 0.585. The minimum atomic E-state index is -0.544. The van der Waals surface area contributed by atoms with Gasteiger partial charge in [-0.3, -0.25) is 14.4 Å². The van der Waals surface area contributed by atoms with Gasteiger partial charge in [0.15, 0.2) is 0 Å². The highest BCUT2D eigenvalue weighted by Gasteiger charge is 2.43. The molecule has 1 saturated heterocycles. The SMILES string of the molecule is CCC1C[C@H](C)CC/C=C\[C@@H]2CC2NC(=O)C2CCCN2C(=O)[C@H]1NC=O. The van der Waals surface area contributed by atoms with Crippen LogP contribution >= 0.6 is 0 Å². The summed E-state index contributed by atoms with van der Waals surface area (Å²) in [5.41, 5.74) is 0. The zero-order valence-electron chi connectivity index (χ0n) is 16.5. The van der Waals surface area contributed by atoms with E-state index in [2.05, 4.69) is 36.6 Å². The van der Waals surface area contributed by atoms with Crippen LogP contribution in [0.3, 0.4) is 0 Å². The van der Waals surface area contributed by atoms with Crippen molar-refractivity contribution in [2.45, 2.75) is 76.9 Å². The molecule has 2 heterocycles. The Hall–Kier alpha value is -1.85. The fourth-order valence-corrected chi connectivity index (χ4v) is 4.66. The predicted octanol–water partition coefficient (Wildman–Crippen LogP) is 2.00. The zero-order valence-corrected chi connectivity index (χ0v) is 16.5. The van der Waals surface area contributed by atoms with Crippen molar-refractivity contribution in [3.8, 4) is 0 Å². The molecule has 1 saturated carbocycles. The van der Waals surface area contributed by atoms with Gasteiger partial charge >= 0.3 is 0 Å². The molecule has 2 aliphatic heterocycles. The van der Waals surface area contributed by atoms with Gasteiger partial charge in [0.05, 0.1) is 0 Å². The number of rotatable bonds is 3. The minimum absolute atomic E-state index is 0.0390. The maximum Gasteiger partial charge on any atom is 0.246 e. The van der Waals surface area contributed by atoms with Crippen molar-refractivity contribution in [1.29, 1.82) is 0 Å². The Balaban J connectivity index is 1.83. The van der Waals surface area contributed by atoms with Gasteiger partial charge in [0.2, 0.25) is 18.2 Å². The first kappa shape index (κ1) is 19.9. The summed E-state index contributed by atoms with van der Waals surface area (Å²) in [6.07, 6.45) is 11.5. The Morgan fingerprint density at radius 3 is 2.85 bits per heavy atom. The van der Waals surface area contributed by atoms with Gasteiger partial charge in [0, 0.05) is 12.6 Å². The summed E-state index contributed by atoms with van der Waals surface area (Å²) >= 11 is 0. The van der Waals surface area contributed by atoms with Crippen LogP contribution < -0.4 is 10.6 Å². The van der Waals surface area contributed by atoms with Crippen LogP contribution in [0, 0.1) is 17.8 Å². The molecule has 0 aromatic rings. The van der Waals surface area contributed by atoms with Crippen molar-refractivity contribution in [3.05, 3.63) is 12.2 Å². The lowest BCUT2D eigenvalue weighted by molar-refractivity contribution is -0.142. The van der Waals surface area contributed by atoms with E-state index in [0.29, 0.717) is 31.2 Å². The number of nitrogens with zero attached hydrogens (tertiary/aromatic N) is 1. The second-order valence-corrected chi connectivity index (χ2v) is 8.48. The Morgan fingerprint density at radius 1 is 1.30 bits per heavy atom. The molecule has 0 radical (unpaired) electrons. The van der Waals surface area contributed by atoms with Gasteiger partial charge in [-0.2, -0.15) is 0 Å². The van der Waals surface area contributed by atoms with E-state index < -0.39 is 12.1 Å². The van der Waals surface area contributed by atoms with Crippen molar-refractivity contribution in [2.24, 2.45) is 17.8 Å². The molecule has 27 heavy (non-hydrogen) atoms. The summed E-state index contributed by atoms with van der Waals surface area (Å²) < 4.78 is 0. The number of hydrogen-bond acceptors (Lipinski definition) is 3. The monoisotopic (exact) mass is 375 g/mol. The third-order valence-corrected chi connectivity index (χ3v) is 6.43. The lowest BCUT2D eigenvalue weighted by Crippen LogP contribution is -2.55. The molecule has 150 valence electrons. The summed E-state index contributed by atoms with van der Waals surface area (Å²) in [7, 11) is 0. The first-order valence-corrected chi connectivity index (χ1v) is 10.5. The van der Waals surface area contributed by atoms with Crippen LogP contribution in [0.25, 0.3) is 0 Å². The average Bonchev–Trinajstić information content (AvgIpc) is 3.18. The molecule has 2 N–H and O–H groups in total. The Bertz CT molecular complexity index is 591. The molecule has 6 heteroatoms. The molecule has 2 fully saturated rings. The Kier molecular flexibility index (Phi) is 6.55. The van der Waals surface area contributed by atoms with Crippen molar-refractivity contribution >= 4 is 18.2 Å². The van der Waals surface area contributed by atoms with E-state index >= 15 is 0 Å². The van der Waals surface area contributed by atoms with Gasteiger partial charge in [-0.1, -0.05) is 32.4 Å². The van der Waals surface area contributed by atoms with Gasteiger partial charge < -0.3 is 15.5 Å². The molecule has 0 spiro atoms. The molecule has 3 aliphatic rings. The molecule has 0 aromatic heterocycles. The molecule has 3 amide bonds. The largest absolute Gasteiger partial charge is 0.351 e. The average molecular weight is 376 g/mol. The topological polar surface area (TPSA) is 78.5 Å². The lowest BCUT2D eigenvalue weighted by atomic mass is 9.85. The molecule has 6 atom stereocenters. The third kappa shape index (κ3) is 4.71. The first-order chi connectivity index (χ1) is 13.0. The number of hydrogen-bond donors (Lipinski definition) is 2. The Labute approximate surface area is 162 Å². The molecule has 3 unspecified atom stereocenters. The number of carbonyl (C=O) groups is 3. The summed E-state index contributed by atoms with van der Waals surface area (Å²) in [5, 5.41) is 5.90. The maximum atomic E-state index is 13.3. The molecule has 0 aromatic carbocycles. The maximum absolute atomic E-state index is 13.3. The second-order valence-electron chi connectivity index (χ2n) is 8.48. The highest BCUT2D eigenvalue weighted by atomic mass is 16.2. The molecular weight excluding hydrogens is 342 g/mol. The number of amides is 3. The van der Waals surface area contributed by atoms with E-state index in [-0.39, 0.29) is 23.8 Å². The van der Waals surface area contributed by atoms with Crippen LogP contribution in [-0.2, 0) is 14.4 Å². The van der Waals surface area contributed by atoms with Crippen LogP contribution in [0.15, 0.2) is 12.2 Å². The minimum Gasteiger partial charge on any atom is -0.351 e. The summed E-state index contributed by atoms with van der Waals surface area (Å²) in [6, 6.07) is -0.738. The molecule has 0 bridgehead atoms. The fourth-order valence-electron chi connectivity index (χ4n) is 4.66. The molecule has 6 nitrogen and oxygen atoms in total. The third-order valence-electron chi connectivity index (χ3n) is 6.43. The normalized spacial score (nSPS) is 38.7. The van der Waals surface area contributed by atoms with Crippen LogP contribution in [0.2, 0.25) is 0 Å². The number of fused-ring (bicyclic) bond motifs is 2. The molecular formula is C21H33N3O3. The van der Waals surface area contributed by atoms with Gasteiger partial charge in [-0.25, -0.2) is 0 Å². The van der Waals surface area contributed by atoms with E-state index in [9.17, 15) is 14.4 Å². The number of nitrogens with one attached hydrogen (secondary N) is 2. The Morgan fingerprint density at radius 2 is 2.11 bits per heavy atom. The van der Waals surface area contributed by atoms with Gasteiger partial charge in [-0.05, 0) is 56.3 Å².